The number of halogens is 1. The summed E-state index contributed by atoms with van der Waals surface area (Å²) in [5.74, 6) is 2.71. The van der Waals surface area contributed by atoms with Crippen molar-refractivity contribution in [3.8, 4) is 5.75 Å². The lowest BCUT2D eigenvalue weighted by Crippen LogP contribution is -2.13. The van der Waals surface area contributed by atoms with E-state index in [0.717, 1.165) is 11.3 Å². The molecule has 0 aliphatic carbocycles. The van der Waals surface area contributed by atoms with Gasteiger partial charge in [0.25, 0.3) is 5.91 Å². The van der Waals surface area contributed by atoms with E-state index in [2.05, 4.69) is 30.9 Å². The number of carbonyl (C=O) groups is 1. The minimum absolute atomic E-state index is 0.313. The molecule has 2 heterocycles. The average molecular weight is 475 g/mol. The van der Waals surface area contributed by atoms with E-state index in [1.54, 1.807) is 42.6 Å². The molecule has 0 saturated heterocycles. The molecule has 9 heteroatoms. The topological polar surface area (TPSA) is 101 Å². The molecule has 0 radical (unpaired) electrons. The van der Waals surface area contributed by atoms with Crippen LogP contribution in [0.2, 0.25) is 5.02 Å². The number of rotatable bonds is 7. The van der Waals surface area contributed by atoms with Crippen molar-refractivity contribution in [2.75, 3.05) is 23.1 Å². The predicted molar refractivity (Wildman–Crippen MR) is 135 cm³/mol. The highest BCUT2D eigenvalue weighted by Crippen LogP contribution is 2.25. The number of carbonyl (C=O) groups excluding carboxylic acids is 1. The van der Waals surface area contributed by atoms with Crippen molar-refractivity contribution in [1.82, 2.24) is 15.0 Å². The van der Waals surface area contributed by atoms with Gasteiger partial charge in [-0.25, -0.2) is 15.0 Å². The van der Waals surface area contributed by atoms with Gasteiger partial charge in [0.15, 0.2) is 0 Å². The van der Waals surface area contributed by atoms with E-state index in [9.17, 15) is 4.79 Å². The van der Waals surface area contributed by atoms with Crippen LogP contribution in [0.25, 0.3) is 0 Å². The van der Waals surface area contributed by atoms with E-state index in [-0.39, 0.29) is 5.91 Å². The Morgan fingerprint density at radius 3 is 2.26 bits per heavy atom. The molecule has 0 spiro atoms. The standard InChI is InChI=1S/C25H23ClN6O2/c1-15-10-11-27-22(12-15)32-24-14-23(28-16(2)29-24)30-18-5-7-19(8-6-18)31-25(33)20-13-17(26)4-9-21(20)34-3/h4-14H,1-3H3,(H,31,33)(H2,27,28,29,30,32). The Bertz CT molecular complexity index is 1330. The summed E-state index contributed by atoms with van der Waals surface area (Å²) in [5, 5.41) is 9.77. The van der Waals surface area contributed by atoms with Crippen LogP contribution in [0.3, 0.4) is 0 Å². The van der Waals surface area contributed by atoms with E-state index in [4.69, 9.17) is 16.3 Å². The number of nitrogens with zero attached hydrogens (tertiary/aromatic N) is 3. The minimum Gasteiger partial charge on any atom is -0.496 e. The van der Waals surface area contributed by atoms with E-state index in [1.807, 2.05) is 38.1 Å². The van der Waals surface area contributed by atoms with Crippen molar-refractivity contribution in [2.45, 2.75) is 13.8 Å². The molecule has 4 rings (SSSR count). The van der Waals surface area contributed by atoms with Crippen molar-refractivity contribution >= 4 is 46.3 Å². The van der Waals surface area contributed by atoms with Gasteiger partial charge in [-0.15, -0.1) is 0 Å². The zero-order valence-electron chi connectivity index (χ0n) is 18.9. The van der Waals surface area contributed by atoms with E-state index in [1.165, 1.54) is 7.11 Å². The third-order valence-corrected chi connectivity index (χ3v) is 5.07. The first kappa shape index (κ1) is 23.0. The van der Waals surface area contributed by atoms with Crippen molar-refractivity contribution in [1.29, 1.82) is 0 Å². The smallest absolute Gasteiger partial charge is 0.259 e. The van der Waals surface area contributed by atoms with Crippen LogP contribution in [0.4, 0.5) is 28.8 Å². The number of pyridine rings is 1. The Morgan fingerprint density at radius 1 is 0.853 bits per heavy atom. The van der Waals surface area contributed by atoms with Gasteiger partial charge in [-0.2, -0.15) is 0 Å². The first-order valence-corrected chi connectivity index (χ1v) is 10.8. The molecule has 2 aromatic carbocycles. The zero-order valence-corrected chi connectivity index (χ0v) is 19.6. The monoisotopic (exact) mass is 474 g/mol. The number of nitrogens with one attached hydrogen (secondary N) is 3. The summed E-state index contributed by atoms with van der Waals surface area (Å²) >= 11 is 6.03. The molecule has 0 unspecified atom stereocenters. The normalized spacial score (nSPS) is 10.5. The molecular weight excluding hydrogens is 452 g/mol. The largest absolute Gasteiger partial charge is 0.496 e. The molecule has 0 bridgehead atoms. The lowest BCUT2D eigenvalue weighted by atomic mass is 10.1. The summed E-state index contributed by atoms with van der Waals surface area (Å²) in [6.07, 6.45) is 1.74. The number of hydrogen-bond acceptors (Lipinski definition) is 7. The summed E-state index contributed by atoms with van der Waals surface area (Å²) in [4.78, 5) is 25.9. The van der Waals surface area contributed by atoms with Gasteiger partial charge in [-0.1, -0.05) is 11.6 Å². The van der Waals surface area contributed by atoms with E-state index in [0.29, 0.717) is 45.3 Å². The molecule has 0 saturated carbocycles. The highest BCUT2D eigenvalue weighted by atomic mass is 35.5. The summed E-state index contributed by atoms with van der Waals surface area (Å²) in [6, 6.07) is 17.9. The molecule has 8 nitrogen and oxygen atoms in total. The molecule has 34 heavy (non-hydrogen) atoms. The third kappa shape index (κ3) is 5.79. The van der Waals surface area contributed by atoms with Crippen LogP contribution in [-0.4, -0.2) is 28.0 Å². The average Bonchev–Trinajstić information content (AvgIpc) is 2.80. The van der Waals surface area contributed by atoms with Gasteiger partial charge in [0.05, 0.1) is 12.7 Å². The predicted octanol–water partition coefficient (Wildman–Crippen LogP) is 5.89. The Kier molecular flexibility index (Phi) is 6.89. The number of ether oxygens (including phenoxy) is 1. The first-order chi connectivity index (χ1) is 16.4. The van der Waals surface area contributed by atoms with Gasteiger partial charge in [0, 0.05) is 28.7 Å². The molecule has 172 valence electrons. The highest BCUT2D eigenvalue weighted by Gasteiger charge is 2.13. The van der Waals surface area contributed by atoms with Gasteiger partial charge in [0.1, 0.15) is 29.0 Å². The second-order valence-electron chi connectivity index (χ2n) is 7.53. The molecule has 2 aromatic heterocycles. The highest BCUT2D eigenvalue weighted by molar-refractivity contribution is 6.31. The minimum atomic E-state index is -0.313. The van der Waals surface area contributed by atoms with Crippen LogP contribution in [0.5, 0.6) is 5.75 Å². The maximum Gasteiger partial charge on any atom is 0.259 e. The molecule has 1 amide bonds. The number of amides is 1. The lowest BCUT2D eigenvalue weighted by Gasteiger charge is -2.12. The molecule has 3 N–H and O–H groups in total. The second-order valence-corrected chi connectivity index (χ2v) is 7.97. The quantitative estimate of drug-likeness (QED) is 0.307. The van der Waals surface area contributed by atoms with Gasteiger partial charge < -0.3 is 20.7 Å². The fourth-order valence-electron chi connectivity index (χ4n) is 3.27. The van der Waals surface area contributed by atoms with Crippen LogP contribution < -0.4 is 20.7 Å². The number of methoxy groups -OCH3 is 1. The summed E-state index contributed by atoms with van der Waals surface area (Å²) in [7, 11) is 1.51. The number of benzene rings is 2. The Hall–Kier alpha value is -4.17. The Labute approximate surface area is 202 Å². The molecule has 0 aliphatic rings. The van der Waals surface area contributed by atoms with Crippen LogP contribution in [0.15, 0.2) is 66.9 Å². The van der Waals surface area contributed by atoms with Gasteiger partial charge >= 0.3 is 0 Å². The van der Waals surface area contributed by atoms with Crippen LogP contribution in [0.1, 0.15) is 21.7 Å². The van der Waals surface area contributed by atoms with Crippen LogP contribution in [-0.2, 0) is 0 Å². The van der Waals surface area contributed by atoms with Gasteiger partial charge in [-0.3, -0.25) is 4.79 Å². The number of aryl methyl sites for hydroxylation is 2. The van der Waals surface area contributed by atoms with Gasteiger partial charge in [0.2, 0.25) is 0 Å². The van der Waals surface area contributed by atoms with E-state index >= 15 is 0 Å². The summed E-state index contributed by atoms with van der Waals surface area (Å²) in [5.41, 5.74) is 2.89. The maximum atomic E-state index is 12.7. The molecule has 0 aliphatic heterocycles. The van der Waals surface area contributed by atoms with Crippen molar-refractivity contribution < 1.29 is 9.53 Å². The SMILES string of the molecule is COc1ccc(Cl)cc1C(=O)Nc1ccc(Nc2cc(Nc3cc(C)ccn3)nc(C)n2)cc1. The van der Waals surface area contributed by atoms with Crippen LogP contribution >= 0.6 is 11.6 Å². The molecule has 0 fully saturated rings. The first-order valence-electron chi connectivity index (χ1n) is 10.5. The fourth-order valence-corrected chi connectivity index (χ4v) is 3.44. The second kappa shape index (κ2) is 10.2. The van der Waals surface area contributed by atoms with Crippen molar-refractivity contribution in [3.05, 3.63) is 88.8 Å². The third-order valence-electron chi connectivity index (χ3n) is 4.83. The lowest BCUT2D eigenvalue weighted by molar-refractivity contribution is 0.102. The number of anilines is 5. The van der Waals surface area contributed by atoms with Crippen LogP contribution in [0, 0.1) is 13.8 Å². The van der Waals surface area contributed by atoms with Gasteiger partial charge in [-0.05, 0) is 74.0 Å². The molecular formula is C25H23ClN6O2. The molecule has 0 atom stereocenters. The number of aromatic nitrogens is 3. The summed E-state index contributed by atoms with van der Waals surface area (Å²) in [6.45, 7) is 3.82. The maximum absolute atomic E-state index is 12.7. The summed E-state index contributed by atoms with van der Waals surface area (Å²) < 4.78 is 5.26. The van der Waals surface area contributed by atoms with Crippen molar-refractivity contribution in [2.24, 2.45) is 0 Å². The number of hydrogen-bond donors (Lipinski definition) is 3. The fraction of sp³-hybridized carbons (Fsp3) is 0.120. The Balaban J connectivity index is 1.45. The van der Waals surface area contributed by atoms with Crippen molar-refractivity contribution in [3.63, 3.8) is 0 Å². The van der Waals surface area contributed by atoms with E-state index < -0.39 is 0 Å². The molecule has 4 aromatic rings. The zero-order chi connectivity index (χ0) is 24.1. The Morgan fingerprint density at radius 2 is 1.56 bits per heavy atom.